The van der Waals surface area contributed by atoms with Crippen molar-refractivity contribution in [3.8, 4) is 12.3 Å². The lowest BCUT2D eigenvalue weighted by Gasteiger charge is -2.05. The van der Waals surface area contributed by atoms with Gasteiger partial charge in [-0.3, -0.25) is 4.79 Å². The van der Waals surface area contributed by atoms with Gasteiger partial charge in [-0.25, -0.2) is 0 Å². The summed E-state index contributed by atoms with van der Waals surface area (Å²) >= 11 is 0. The maximum Gasteiger partial charge on any atom is 0.220 e. The van der Waals surface area contributed by atoms with Crippen LogP contribution in [0.1, 0.15) is 31.2 Å². The van der Waals surface area contributed by atoms with E-state index in [1.54, 1.807) is 0 Å². The lowest BCUT2D eigenvalue weighted by atomic mass is 10.2. The Balaban J connectivity index is 2.19. The molecule has 0 fully saturated rings. The fourth-order valence-electron chi connectivity index (χ4n) is 1.44. The van der Waals surface area contributed by atoms with Gasteiger partial charge in [-0.15, -0.1) is 12.3 Å². The van der Waals surface area contributed by atoms with Crippen LogP contribution in [-0.2, 0) is 11.3 Å². The van der Waals surface area contributed by atoms with Crippen molar-refractivity contribution in [3.05, 3.63) is 29.8 Å². The number of unbranched alkanes of at least 4 members (excludes halogenated alkanes) is 2. The molecule has 3 nitrogen and oxygen atoms in total. The summed E-state index contributed by atoms with van der Waals surface area (Å²) in [5, 5.41) is 2.86. The van der Waals surface area contributed by atoms with E-state index in [9.17, 15) is 4.79 Å². The topological polar surface area (TPSA) is 55.1 Å². The number of terminal acetylenes is 1. The zero-order chi connectivity index (χ0) is 12.5. The van der Waals surface area contributed by atoms with E-state index in [1.807, 2.05) is 24.3 Å². The van der Waals surface area contributed by atoms with Crippen LogP contribution in [-0.4, -0.2) is 5.91 Å². The first-order valence-corrected chi connectivity index (χ1v) is 5.77. The molecule has 1 aromatic carbocycles. The molecule has 0 bridgehead atoms. The summed E-state index contributed by atoms with van der Waals surface area (Å²) in [4.78, 5) is 11.5. The second-order valence-electron chi connectivity index (χ2n) is 3.93. The van der Waals surface area contributed by atoms with Crippen LogP contribution < -0.4 is 11.1 Å². The van der Waals surface area contributed by atoms with Gasteiger partial charge in [0.2, 0.25) is 5.91 Å². The zero-order valence-corrected chi connectivity index (χ0v) is 9.91. The van der Waals surface area contributed by atoms with Crippen LogP contribution in [0.3, 0.4) is 0 Å². The number of hydrogen-bond acceptors (Lipinski definition) is 2. The summed E-state index contributed by atoms with van der Waals surface area (Å²) < 4.78 is 0. The Labute approximate surface area is 102 Å². The fourth-order valence-corrected chi connectivity index (χ4v) is 1.44. The van der Waals surface area contributed by atoms with Crippen LogP contribution >= 0.6 is 0 Å². The van der Waals surface area contributed by atoms with Gasteiger partial charge >= 0.3 is 0 Å². The summed E-state index contributed by atoms with van der Waals surface area (Å²) in [6.45, 7) is 0.550. The largest absolute Gasteiger partial charge is 0.399 e. The third kappa shape index (κ3) is 5.62. The molecule has 1 amide bonds. The Morgan fingerprint density at radius 1 is 1.29 bits per heavy atom. The predicted molar refractivity (Wildman–Crippen MR) is 70.0 cm³/mol. The quantitative estimate of drug-likeness (QED) is 0.446. The van der Waals surface area contributed by atoms with Crippen molar-refractivity contribution < 1.29 is 4.79 Å². The monoisotopic (exact) mass is 230 g/mol. The number of anilines is 1. The third-order valence-electron chi connectivity index (χ3n) is 2.44. The molecule has 0 saturated carbocycles. The fraction of sp³-hybridized carbons (Fsp3) is 0.357. The molecule has 0 radical (unpaired) electrons. The lowest BCUT2D eigenvalue weighted by Crippen LogP contribution is -2.22. The molecule has 0 aliphatic carbocycles. The Morgan fingerprint density at radius 2 is 2.00 bits per heavy atom. The van der Waals surface area contributed by atoms with E-state index in [-0.39, 0.29) is 5.91 Å². The van der Waals surface area contributed by atoms with Crippen LogP contribution in [0.4, 0.5) is 5.69 Å². The maximum atomic E-state index is 11.5. The van der Waals surface area contributed by atoms with Crippen LogP contribution in [0.15, 0.2) is 24.3 Å². The van der Waals surface area contributed by atoms with Gasteiger partial charge in [-0.1, -0.05) is 12.1 Å². The van der Waals surface area contributed by atoms with Gasteiger partial charge in [-0.2, -0.15) is 0 Å². The first-order chi connectivity index (χ1) is 8.22. The molecular weight excluding hydrogens is 212 g/mol. The van der Waals surface area contributed by atoms with E-state index >= 15 is 0 Å². The Morgan fingerprint density at radius 3 is 2.65 bits per heavy atom. The molecule has 0 aliphatic heterocycles. The normalized spacial score (nSPS) is 9.59. The molecule has 0 spiro atoms. The van der Waals surface area contributed by atoms with Gasteiger partial charge in [0.05, 0.1) is 0 Å². The lowest BCUT2D eigenvalue weighted by molar-refractivity contribution is -0.121. The van der Waals surface area contributed by atoms with Gasteiger partial charge in [0.15, 0.2) is 0 Å². The smallest absolute Gasteiger partial charge is 0.220 e. The second-order valence-corrected chi connectivity index (χ2v) is 3.93. The molecule has 1 aromatic rings. The maximum absolute atomic E-state index is 11.5. The number of benzene rings is 1. The number of amides is 1. The van der Waals surface area contributed by atoms with E-state index < -0.39 is 0 Å². The summed E-state index contributed by atoms with van der Waals surface area (Å²) in [6, 6.07) is 7.48. The number of nitrogens with one attached hydrogen (secondary N) is 1. The second kappa shape index (κ2) is 7.34. The highest BCUT2D eigenvalue weighted by Gasteiger charge is 2.00. The van der Waals surface area contributed by atoms with Gasteiger partial charge in [0.1, 0.15) is 0 Å². The van der Waals surface area contributed by atoms with Crippen LogP contribution in [0, 0.1) is 12.3 Å². The standard InChI is InChI=1S/C14H18N2O/c1-2-3-4-5-6-14(17)16-11-12-7-9-13(15)10-8-12/h1,7-10H,3-6,11,15H2,(H,16,17). The summed E-state index contributed by atoms with van der Waals surface area (Å²) in [5.41, 5.74) is 7.36. The minimum atomic E-state index is 0.0684. The summed E-state index contributed by atoms with van der Waals surface area (Å²) in [7, 11) is 0. The van der Waals surface area contributed by atoms with E-state index in [0.717, 1.165) is 30.5 Å². The van der Waals surface area contributed by atoms with Crippen molar-refractivity contribution in [3.63, 3.8) is 0 Å². The Bertz CT molecular complexity index is 390. The van der Waals surface area contributed by atoms with Crippen molar-refractivity contribution in [2.24, 2.45) is 0 Å². The van der Waals surface area contributed by atoms with Crippen molar-refractivity contribution in [1.29, 1.82) is 0 Å². The number of hydrogen-bond donors (Lipinski definition) is 2. The summed E-state index contributed by atoms with van der Waals surface area (Å²) in [5.74, 6) is 2.63. The Kier molecular flexibility index (Phi) is 5.67. The van der Waals surface area contributed by atoms with Crippen LogP contribution in [0.2, 0.25) is 0 Å². The SMILES string of the molecule is C#CCCCCC(=O)NCc1ccc(N)cc1. The van der Waals surface area contributed by atoms with E-state index in [1.165, 1.54) is 0 Å². The van der Waals surface area contributed by atoms with Crippen molar-refractivity contribution in [2.45, 2.75) is 32.2 Å². The van der Waals surface area contributed by atoms with Gasteiger partial charge in [-0.05, 0) is 30.5 Å². The zero-order valence-electron chi connectivity index (χ0n) is 9.91. The molecule has 17 heavy (non-hydrogen) atoms. The summed E-state index contributed by atoms with van der Waals surface area (Å²) in [6.07, 6.45) is 8.16. The average Bonchev–Trinajstić information content (AvgIpc) is 2.34. The van der Waals surface area contributed by atoms with Crippen LogP contribution in [0.25, 0.3) is 0 Å². The number of nitrogens with two attached hydrogens (primary N) is 1. The third-order valence-corrected chi connectivity index (χ3v) is 2.44. The van der Waals surface area contributed by atoms with Crippen LogP contribution in [0.5, 0.6) is 0 Å². The van der Waals surface area contributed by atoms with Crippen molar-refractivity contribution in [2.75, 3.05) is 5.73 Å². The highest BCUT2D eigenvalue weighted by atomic mass is 16.1. The van der Waals surface area contributed by atoms with Crippen molar-refractivity contribution in [1.82, 2.24) is 5.32 Å². The average molecular weight is 230 g/mol. The first kappa shape index (κ1) is 13.1. The van der Waals surface area contributed by atoms with Gasteiger partial charge in [0.25, 0.3) is 0 Å². The highest BCUT2D eigenvalue weighted by Crippen LogP contribution is 2.05. The molecule has 0 atom stereocenters. The molecule has 3 heteroatoms. The number of carbonyl (C=O) groups excluding carboxylic acids is 1. The molecule has 3 N–H and O–H groups in total. The number of rotatable bonds is 6. The molecule has 0 saturated heterocycles. The molecule has 0 unspecified atom stereocenters. The van der Waals surface area contributed by atoms with E-state index in [0.29, 0.717) is 13.0 Å². The number of nitrogen functional groups attached to an aromatic ring is 1. The van der Waals surface area contributed by atoms with Gasteiger partial charge < -0.3 is 11.1 Å². The minimum Gasteiger partial charge on any atom is -0.399 e. The van der Waals surface area contributed by atoms with E-state index in [2.05, 4.69) is 11.2 Å². The molecule has 0 heterocycles. The van der Waals surface area contributed by atoms with Crippen molar-refractivity contribution >= 4 is 11.6 Å². The molecule has 0 aromatic heterocycles. The molecule has 1 rings (SSSR count). The van der Waals surface area contributed by atoms with Gasteiger partial charge in [0, 0.05) is 25.1 Å². The molecular formula is C14H18N2O. The first-order valence-electron chi connectivity index (χ1n) is 5.77. The minimum absolute atomic E-state index is 0.0684. The molecule has 0 aliphatic rings. The predicted octanol–water partition coefficient (Wildman–Crippen LogP) is 2.08. The Hall–Kier alpha value is -1.95. The number of carbonyl (C=O) groups is 1. The van der Waals surface area contributed by atoms with E-state index in [4.69, 9.17) is 12.2 Å². The highest BCUT2D eigenvalue weighted by molar-refractivity contribution is 5.75. The molecule has 90 valence electrons.